The number of hydrogen-bond donors (Lipinski definition) is 1. The van der Waals surface area contributed by atoms with E-state index in [1.807, 2.05) is 31.2 Å². The third-order valence-electron chi connectivity index (χ3n) is 6.43. The second kappa shape index (κ2) is 10.3. The number of amides is 1. The van der Waals surface area contributed by atoms with Crippen LogP contribution in [0.1, 0.15) is 15.9 Å². The predicted octanol–water partition coefficient (Wildman–Crippen LogP) is 3.06. The molecule has 9 nitrogen and oxygen atoms in total. The quantitative estimate of drug-likeness (QED) is 0.380. The summed E-state index contributed by atoms with van der Waals surface area (Å²) in [5.74, 6) is -0.0210. The van der Waals surface area contributed by atoms with E-state index in [1.54, 1.807) is 30.3 Å². The maximum Gasteiger partial charge on any atom is 0.269 e. The Morgan fingerprint density at radius 3 is 2.59 bits per heavy atom. The molecule has 10 heteroatoms. The Morgan fingerprint density at radius 1 is 1.11 bits per heavy atom. The fourth-order valence-electron chi connectivity index (χ4n) is 4.44. The molecule has 4 aromatic rings. The Hall–Kier alpha value is -3.73. The van der Waals surface area contributed by atoms with E-state index in [0.717, 1.165) is 42.4 Å². The molecule has 0 saturated carbocycles. The van der Waals surface area contributed by atoms with Gasteiger partial charge in [-0.25, -0.2) is 17.4 Å². The molecule has 1 fully saturated rings. The molecule has 2 N–H and O–H groups in total. The minimum atomic E-state index is -3.92. The number of carbonyl (C=O) groups excluding carboxylic acids is 1. The van der Waals surface area contributed by atoms with Gasteiger partial charge in [0.15, 0.2) is 5.65 Å². The highest BCUT2D eigenvalue weighted by atomic mass is 32.2. The average molecular weight is 521 g/mol. The van der Waals surface area contributed by atoms with Crippen molar-refractivity contribution < 1.29 is 22.7 Å². The van der Waals surface area contributed by atoms with Crippen molar-refractivity contribution in [3.8, 4) is 16.9 Å². The highest BCUT2D eigenvalue weighted by Crippen LogP contribution is 2.32. The van der Waals surface area contributed by atoms with Gasteiger partial charge in [0.2, 0.25) is 5.91 Å². The summed E-state index contributed by atoms with van der Waals surface area (Å²) >= 11 is 0. The van der Waals surface area contributed by atoms with Crippen molar-refractivity contribution in [3.63, 3.8) is 0 Å². The summed E-state index contributed by atoms with van der Waals surface area (Å²) in [7, 11) is -3.92. The number of benzene rings is 2. The van der Waals surface area contributed by atoms with Crippen LogP contribution in [0.3, 0.4) is 0 Å². The fraction of sp³-hybridized carbons (Fsp3) is 0.259. The lowest BCUT2D eigenvalue weighted by Gasteiger charge is -2.26. The van der Waals surface area contributed by atoms with Gasteiger partial charge in [0.1, 0.15) is 12.4 Å². The van der Waals surface area contributed by atoms with Gasteiger partial charge in [-0.3, -0.25) is 9.69 Å². The molecule has 37 heavy (non-hydrogen) atoms. The smallest absolute Gasteiger partial charge is 0.269 e. The maximum absolute atomic E-state index is 13.3. The minimum Gasteiger partial charge on any atom is -0.492 e. The Bertz CT molecular complexity index is 1540. The molecule has 0 aliphatic carbocycles. The van der Waals surface area contributed by atoms with Gasteiger partial charge in [-0.2, -0.15) is 0 Å². The number of ether oxygens (including phenoxy) is 2. The Kier molecular flexibility index (Phi) is 6.96. The zero-order chi connectivity index (χ0) is 26.0. The molecule has 1 aliphatic rings. The molecule has 0 radical (unpaired) electrons. The predicted molar refractivity (Wildman–Crippen MR) is 140 cm³/mol. The summed E-state index contributed by atoms with van der Waals surface area (Å²) < 4.78 is 39.0. The van der Waals surface area contributed by atoms with Crippen LogP contribution in [-0.4, -0.2) is 67.6 Å². The van der Waals surface area contributed by atoms with Crippen molar-refractivity contribution in [2.75, 3.05) is 39.5 Å². The third-order valence-corrected chi connectivity index (χ3v) is 8.11. The largest absolute Gasteiger partial charge is 0.492 e. The number of aromatic nitrogens is 2. The summed E-state index contributed by atoms with van der Waals surface area (Å²) in [5, 5.41) is 0.360. The van der Waals surface area contributed by atoms with Crippen LogP contribution in [0, 0.1) is 6.92 Å². The molecule has 0 unspecified atom stereocenters. The van der Waals surface area contributed by atoms with E-state index in [1.165, 1.54) is 12.4 Å². The Balaban J connectivity index is 1.47. The second-order valence-electron chi connectivity index (χ2n) is 8.91. The van der Waals surface area contributed by atoms with E-state index >= 15 is 0 Å². The molecule has 5 rings (SSSR count). The van der Waals surface area contributed by atoms with E-state index < -0.39 is 15.9 Å². The van der Waals surface area contributed by atoms with Gasteiger partial charge in [0.05, 0.1) is 23.7 Å². The average Bonchev–Trinajstić information content (AvgIpc) is 3.34. The lowest BCUT2D eigenvalue weighted by Crippen LogP contribution is -2.38. The van der Waals surface area contributed by atoms with Crippen LogP contribution in [0.15, 0.2) is 71.9 Å². The molecular formula is C27H28N4O5S. The van der Waals surface area contributed by atoms with Crippen molar-refractivity contribution in [1.29, 1.82) is 0 Å². The molecule has 192 valence electrons. The van der Waals surface area contributed by atoms with Crippen molar-refractivity contribution in [1.82, 2.24) is 13.9 Å². The summed E-state index contributed by atoms with van der Waals surface area (Å²) in [4.78, 5) is 19.4. The van der Waals surface area contributed by atoms with Gasteiger partial charge in [-0.15, -0.1) is 0 Å². The number of nitrogens with zero attached hydrogens (tertiary/aromatic N) is 3. The summed E-state index contributed by atoms with van der Waals surface area (Å²) in [6.45, 7) is 6.42. The molecule has 0 atom stereocenters. The zero-order valence-electron chi connectivity index (χ0n) is 20.5. The lowest BCUT2D eigenvalue weighted by molar-refractivity contribution is 0.0322. The van der Waals surface area contributed by atoms with E-state index in [4.69, 9.17) is 15.2 Å². The Labute approximate surface area is 215 Å². The van der Waals surface area contributed by atoms with Crippen LogP contribution in [0.2, 0.25) is 0 Å². The van der Waals surface area contributed by atoms with Gasteiger partial charge in [0.25, 0.3) is 10.0 Å². The van der Waals surface area contributed by atoms with Gasteiger partial charge in [-0.1, -0.05) is 29.8 Å². The second-order valence-corrected chi connectivity index (χ2v) is 10.7. The van der Waals surface area contributed by atoms with Gasteiger partial charge < -0.3 is 15.2 Å². The number of primary amides is 1. The molecule has 2 aromatic carbocycles. The van der Waals surface area contributed by atoms with Gasteiger partial charge in [0, 0.05) is 43.0 Å². The third kappa shape index (κ3) is 5.08. The maximum atomic E-state index is 13.3. The zero-order valence-corrected chi connectivity index (χ0v) is 21.3. The molecule has 2 aromatic heterocycles. The number of rotatable bonds is 8. The van der Waals surface area contributed by atoms with Crippen LogP contribution in [0.4, 0.5) is 0 Å². The standard InChI is InChI=1S/C27H28N4O5S/c1-19-5-7-22(8-6-19)37(33,34)31-10-9-23-25(26(28)32)24(18-29-27(23)31)20-3-2-4-21(17-20)36-16-13-30-11-14-35-15-12-30/h2-10,17-18H,11-16H2,1H3,(H2,28,32). The number of aryl methyl sites for hydroxylation is 1. The summed E-state index contributed by atoms with van der Waals surface area (Å²) in [6, 6.07) is 15.5. The molecule has 3 heterocycles. The van der Waals surface area contributed by atoms with Gasteiger partial charge in [-0.05, 0) is 42.8 Å². The summed E-state index contributed by atoms with van der Waals surface area (Å²) in [6.07, 6.45) is 2.88. The van der Waals surface area contributed by atoms with E-state index in [2.05, 4.69) is 9.88 Å². The number of pyridine rings is 1. The van der Waals surface area contributed by atoms with Crippen LogP contribution >= 0.6 is 0 Å². The van der Waals surface area contributed by atoms with Crippen molar-refractivity contribution >= 4 is 27.0 Å². The number of carbonyl (C=O) groups is 1. The SMILES string of the molecule is Cc1ccc(S(=O)(=O)n2ccc3c(C(N)=O)c(-c4cccc(OCCN5CCOCC5)c4)cnc32)cc1. The number of morpholine rings is 1. The number of nitrogens with two attached hydrogens (primary N) is 1. The normalized spacial score (nSPS) is 14.6. The molecule has 0 bridgehead atoms. The first kappa shape index (κ1) is 24.9. The van der Waals surface area contributed by atoms with E-state index in [9.17, 15) is 13.2 Å². The first-order chi connectivity index (χ1) is 17.8. The Morgan fingerprint density at radius 2 is 1.86 bits per heavy atom. The van der Waals surface area contributed by atoms with Crippen LogP contribution < -0.4 is 10.5 Å². The van der Waals surface area contributed by atoms with Crippen LogP contribution in [0.5, 0.6) is 5.75 Å². The number of hydrogen-bond acceptors (Lipinski definition) is 7. The molecular weight excluding hydrogens is 492 g/mol. The topological polar surface area (TPSA) is 117 Å². The lowest BCUT2D eigenvalue weighted by atomic mass is 9.99. The number of fused-ring (bicyclic) bond motifs is 1. The van der Waals surface area contributed by atoms with E-state index in [-0.39, 0.29) is 16.1 Å². The highest BCUT2D eigenvalue weighted by Gasteiger charge is 2.24. The van der Waals surface area contributed by atoms with Crippen LogP contribution in [0.25, 0.3) is 22.2 Å². The van der Waals surface area contributed by atoms with Crippen molar-refractivity contribution in [3.05, 3.63) is 78.1 Å². The molecule has 1 saturated heterocycles. The molecule has 1 amide bonds. The summed E-state index contributed by atoms with van der Waals surface area (Å²) in [5.41, 5.74) is 8.28. The van der Waals surface area contributed by atoms with Crippen molar-refractivity contribution in [2.45, 2.75) is 11.8 Å². The van der Waals surface area contributed by atoms with Crippen LogP contribution in [-0.2, 0) is 14.8 Å². The molecule has 0 spiro atoms. The monoisotopic (exact) mass is 520 g/mol. The molecule has 1 aliphatic heterocycles. The highest BCUT2D eigenvalue weighted by molar-refractivity contribution is 7.90. The first-order valence-electron chi connectivity index (χ1n) is 12.0. The minimum absolute atomic E-state index is 0.129. The fourth-order valence-corrected chi connectivity index (χ4v) is 5.74. The van der Waals surface area contributed by atoms with Gasteiger partial charge >= 0.3 is 0 Å². The van der Waals surface area contributed by atoms with E-state index in [0.29, 0.717) is 28.9 Å². The first-order valence-corrected chi connectivity index (χ1v) is 13.4. The van der Waals surface area contributed by atoms with Crippen molar-refractivity contribution in [2.24, 2.45) is 5.73 Å².